The molecule has 0 aliphatic carbocycles. The monoisotopic (exact) mass is 501 g/mol. The van der Waals surface area contributed by atoms with Gasteiger partial charge in [-0.15, -0.1) is 0 Å². The molecule has 36 heavy (non-hydrogen) atoms. The molecular formula is C28H24ClN3O4. The second-order valence-corrected chi connectivity index (χ2v) is 8.59. The van der Waals surface area contributed by atoms with Crippen LogP contribution in [0.1, 0.15) is 51.9 Å². The van der Waals surface area contributed by atoms with E-state index in [0.29, 0.717) is 34.3 Å². The van der Waals surface area contributed by atoms with Gasteiger partial charge in [-0.25, -0.2) is 4.79 Å². The maximum absolute atomic E-state index is 13.7. The van der Waals surface area contributed by atoms with Crippen molar-refractivity contribution in [1.29, 1.82) is 0 Å². The molecule has 1 amide bonds. The SMILES string of the molecule is CCOC(=O)c1ccc(N2C(=O)c3[nH]nc(-c4ccc(OCC)cc4)c3[C@@H]2c2ccccc2Cl)cc1. The van der Waals surface area contributed by atoms with Gasteiger partial charge in [0.15, 0.2) is 0 Å². The number of aromatic nitrogens is 2. The molecule has 3 aromatic carbocycles. The number of ether oxygens (including phenoxy) is 2. The van der Waals surface area contributed by atoms with Crippen LogP contribution in [0.5, 0.6) is 5.75 Å². The smallest absolute Gasteiger partial charge is 0.338 e. The summed E-state index contributed by atoms with van der Waals surface area (Å²) in [7, 11) is 0. The van der Waals surface area contributed by atoms with Crippen LogP contribution >= 0.6 is 11.6 Å². The van der Waals surface area contributed by atoms with E-state index in [2.05, 4.69) is 10.2 Å². The molecule has 1 aliphatic rings. The molecule has 4 aromatic rings. The van der Waals surface area contributed by atoms with Crippen LogP contribution in [-0.4, -0.2) is 35.3 Å². The van der Waals surface area contributed by atoms with Crippen LogP contribution in [0.4, 0.5) is 5.69 Å². The van der Waals surface area contributed by atoms with Crippen LogP contribution < -0.4 is 9.64 Å². The highest BCUT2D eigenvalue weighted by Gasteiger charge is 2.43. The minimum absolute atomic E-state index is 0.233. The number of halogens is 1. The molecule has 0 saturated carbocycles. The number of esters is 1. The first-order valence-corrected chi connectivity index (χ1v) is 12.1. The van der Waals surface area contributed by atoms with Crippen molar-refractivity contribution in [2.45, 2.75) is 19.9 Å². The van der Waals surface area contributed by atoms with Gasteiger partial charge in [-0.3, -0.25) is 14.8 Å². The van der Waals surface area contributed by atoms with Crippen molar-refractivity contribution in [3.63, 3.8) is 0 Å². The van der Waals surface area contributed by atoms with E-state index in [4.69, 9.17) is 21.1 Å². The zero-order chi connectivity index (χ0) is 25.2. The molecule has 0 unspecified atom stereocenters. The van der Waals surface area contributed by atoms with E-state index in [-0.39, 0.29) is 12.5 Å². The first kappa shape index (κ1) is 23.6. The van der Waals surface area contributed by atoms with Gasteiger partial charge in [0.2, 0.25) is 0 Å². The normalized spacial score (nSPS) is 14.6. The van der Waals surface area contributed by atoms with Crippen LogP contribution in [0.3, 0.4) is 0 Å². The third-order valence-electron chi connectivity index (χ3n) is 6.06. The van der Waals surface area contributed by atoms with E-state index in [1.807, 2.05) is 49.4 Å². The highest BCUT2D eigenvalue weighted by Crippen LogP contribution is 2.46. The Morgan fingerprint density at radius 2 is 1.72 bits per heavy atom. The van der Waals surface area contributed by atoms with Crippen LogP contribution in [0.2, 0.25) is 5.02 Å². The molecule has 5 rings (SSSR count). The average Bonchev–Trinajstić information content (AvgIpc) is 3.44. The minimum atomic E-state index is -0.519. The zero-order valence-electron chi connectivity index (χ0n) is 19.8. The summed E-state index contributed by atoms with van der Waals surface area (Å²) in [6.07, 6.45) is 0. The molecule has 0 radical (unpaired) electrons. The van der Waals surface area contributed by atoms with Crippen LogP contribution in [0.15, 0.2) is 72.8 Å². The number of nitrogens with one attached hydrogen (secondary N) is 1. The topological polar surface area (TPSA) is 84.5 Å². The molecule has 2 heterocycles. The van der Waals surface area contributed by atoms with Crippen molar-refractivity contribution >= 4 is 29.2 Å². The minimum Gasteiger partial charge on any atom is -0.494 e. The lowest BCUT2D eigenvalue weighted by atomic mass is 9.95. The van der Waals surface area contributed by atoms with Crippen molar-refractivity contribution in [3.05, 3.63) is 100 Å². The summed E-state index contributed by atoms with van der Waals surface area (Å²) >= 11 is 6.65. The van der Waals surface area contributed by atoms with E-state index in [1.54, 1.807) is 42.2 Å². The summed E-state index contributed by atoms with van der Waals surface area (Å²) in [6.45, 7) is 4.55. The van der Waals surface area contributed by atoms with Gasteiger partial charge >= 0.3 is 5.97 Å². The molecule has 1 N–H and O–H groups in total. The van der Waals surface area contributed by atoms with Gasteiger partial charge < -0.3 is 9.47 Å². The maximum atomic E-state index is 13.7. The number of benzene rings is 3. The van der Waals surface area contributed by atoms with E-state index >= 15 is 0 Å². The molecule has 0 saturated heterocycles. The Balaban J connectivity index is 1.61. The van der Waals surface area contributed by atoms with Crippen LogP contribution in [-0.2, 0) is 4.74 Å². The van der Waals surface area contributed by atoms with Crippen LogP contribution in [0.25, 0.3) is 11.3 Å². The number of rotatable bonds is 7. The number of amides is 1. The Morgan fingerprint density at radius 1 is 1.00 bits per heavy atom. The fourth-order valence-corrected chi connectivity index (χ4v) is 4.71. The van der Waals surface area contributed by atoms with Gasteiger partial charge in [-0.1, -0.05) is 29.8 Å². The quantitative estimate of drug-likeness (QED) is 0.311. The third-order valence-corrected chi connectivity index (χ3v) is 6.41. The Bertz CT molecular complexity index is 1410. The molecule has 1 aromatic heterocycles. The van der Waals surface area contributed by atoms with E-state index in [0.717, 1.165) is 22.4 Å². The predicted octanol–water partition coefficient (Wildman–Crippen LogP) is 6.06. The van der Waals surface area contributed by atoms with E-state index in [9.17, 15) is 9.59 Å². The summed E-state index contributed by atoms with van der Waals surface area (Å²) in [5, 5.41) is 7.99. The molecule has 182 valence electrons. The number of nitrogens with zero attached hydrogens (tertiary/aromatic N) is 2. The first-order valence-electron chi connectivity index (χ1n) is 11.7. The lowest BCUT2D eigenvalue weighted by molar-refractivity contribution is 0.0526. The van der Waals surface area contributed by atoms with Gasteiger partial charge in [0.1, 0.15) is 11.4 Å². The number of anilines is 1. The number of carbonyl (C=O) groups excluding carboxylic acids is 2. The molecule has 7 nitrogen and oxygen atoms in total. The Kier molecular flexibility index (Phi) is 6.48. The lowest BCUT2D eigenvalue weighted by Crippen LogP contribution is -2.29. The average molecular weight is 502 g/mol. The summed E-state index contributed by atoms with van der Waals surface area (Å²) in [5.41, 5.74) is 4.47. The second-order valence-electron chi connectivity index (χ2n) is 8.18. The lowest BCUT2D eigenvalue weighted by Gasteiger charge is -2.27. The van der Waals surface area contributed by atoms with Crippen molar-refractivity contribution < 1.29 is 19.1 Å². The molecular weight excluding hydrogens is 478 g/mol. The summed E-state index contributed by atoms with van der Waals surface area (Å²) in [6, 6.07) is 21.3. The molecule has 0 spiro atoms. The Hall–Kier alpha value is -4.10. The first-order chi connectivity index (χ1) is 17.5. The second kappa shape index (κ2) is 9.87. The van der Waals surface area contributed by atoms with E-state index < -0.39 is 12.0 Å². The summed E-state index contributed by atoms with van der Waals surface area (Å²) in [4.78, 5) is 27.5. The van der Waals surface area contributed by atoms with Crippen LogP contribution in [0, 0.1) is 0 Å². The molecule has 0 fully saturated rings. The fourth-order valence-electron chi connectivity index (χ4n) is 4.47. The fraction of sp³-hybridized carbons (Fsp3) is 0.179. The number of H-pyrrole nitrogens is 1. The number of hydrogen-bond acceptors (Lipinski definition) is 5. The van der Waals surface area contributed by atoms with Crippen molar-refractivity contribution in [2.24, 2.45) is 0 Å². The van der Waals surface area contributed by atoms with Gasteiger partial charge in [-0.2, -0.15) is 5.10 Å². The van der Waals surface area contributed by atoms with Gasteiger partial charge in [-0.05, 0) is 74.0 Å². The largest absolute Gasteiger partial charge is 0.494 e. The zero-order valence-corrected chi connectivity index (χ0v) is 20.6. The van der Waals surface area contributed by atoms with Gasteiger partial charge in [0, 0.05) is 21.8 Å². The van der Waals surface area contributed by atoms with E-state index in [1.165, 1.54) is 0 Å². The highest BCUT2D eigenvalue weighted by molar-refractivity contribution is 6.31. The molecule has 1 atom stereocenters. The van der Waals surface area contributed by atoms with Gasteiger partial charge in [0.05, 0.1) is 30.5 Å². The summed E-state index contributed by atoms with van der Waals surface area (Å²) in [5.74, 6) is 0.116. The van der Waals surface area contributed by atoms with Gasteiger partial charge in [0.25, 0.3) is 5.91 Å². The molecule has 1 aliphatic heterocycles. The number of fused-ring (bicyclic) bond motifs is 1. The number of carbonyl (C=O) groups is 2. The number of aromatic amines is 1. The van der Waals surface area contributed by atoms with Crippen molar-refractivity contribution in [2.75, 3.05) is 18.1 Å². The van der Waals surface area contributed by atoms with Crippen molar-refractivity contribution in [1.82, 2.24) is 10.2 Å². The van der Waals surface area contributed by atoms with Crippen molar-refractivity contribution in [3.8, 4) is 17.0 Å². The Labute approximate surface area is 213 Å². The standard InChI is InChI=1S/C28H24ClN3O4/c1-3-35-20-15-11-17(12-16-20)24-23-25(31-30-24)27(33)32(26(23)21-7-5-6-8-22(21)29)19-13-9-18(10-14-19)28(34)36-4-2/h5-16,26H,3-4H2,1-2H3,(H,30,31)/t26-/m0/s1. The third kappa shape index (κ3) is 4.12. The summed E-state index contributed by atoms with van der Waals surface area (Å²) < 4.78 is 10.7. The predicted molar refractivity (Wildman–Crippen MR) is 138 cm³/mol. The maximum Gasteiger partial charge on any atom is 0.338 e. The molecule has 8 heteroatoms. The molecule has 0 bridgehead atoms. The highest BCUT2D eigenvalue weighted by atomic mass is 35.5. The number of hydrogen-bond donors (Lipinski definition) is 1. The Morgan fingerprint density at radius 3 is 2.39 bits per heavy atom.